The molecule has 0 spiro atoms. The van der Waals surface area contributed by atoms with Crippen LogP contribution >= 0.6 is 0 Å². The molecule has 5 heteroatoms. The van der Waals surface area contributed by atoms with Gasteiger partial charge in [-0.05, 0) is 49.4 Å². The smallest absolute Gasteiger partial charge is 0.357 e. The van der Waals surface area contributed by atoms with E-state index in [1.54, 1.807) is 25.1 Å². The summed E-state index contributed by atoms with van der Waals surface area (Å²) in [6, 6.07) is 13.1. The first kappa shape index (κ1) is 16.2. The molecule has 1 aliphatic rings. The first-order chi connectivity index (χ1) is 11.6. The van der Waals surface area contributed by atoms with Gasteiger partial charge in [0.05, 0.1) is 6.04 Å². The molecule has 1 amide bonds. The lowest BCUT2D eigenvalue weighted by Gasteiger charge is -2.27. The van der Waals surface area contributed by atoms with E-state index in [4.69, 9.17) is 4.74 Å². The lowest BCUT2D eigenvalue weighted by Crippen LogP contribution is -2.39. The molecule has 0 radical (unpaired) electrons. The zero-order valence-corrected chi connectivity index (χ0v) is 13.6. The van der Waals surface area contributed by atoms with Crippen molar-refractivity contribution in [1.29, 1.82) is 0 Å². The summed E-state index contributed by atoms with van der Waals surface area (Å²) >= 11 is 0. The number of hydrogen-bond acceptors (Lipinski definition) is 4. The fourth-order valence-corrected chi connectivity index (χ4v) is 2.95. The molecule has 0 aliphatic heterocycles. The molecule has 1 aliphatic carbocycles. The van der Waals surface area contributed by atoms with Crippen LogP contribution in [0.3, 0.4) is 0 Å². The number of nitrogens with zero attached hydrogens (tertiary/aromatic N) is 1. The number of nitrogens with one attached hydrogen (secondary N) is 1. The summed E-state index contributed by atoms with van der Waals surface area (Å²) in [6.07, 6.45) is 3.61. The number of ether oxygens (including phenoxy) is 1. The summed E-state index contributed by atoms with van der Waals surface area (Å²) in [4.78, 5) is 28.3. The first-order valence-corrected chi connectivity index (χ1v) is 8.15. The Labute approximate surface area is 141 Å². The normalized spacial score (nSPS) is 17.5. The molecular formula is C19H20N2O3. The molecule has 1 aromatic carbocycles. The number of aryl methyl sites for hydroxylation is 1. The Morgan fingerprint density at radius 2 is 2.00 bits per heavy atom. The Kier molecular flexibility index (Phi) is 4.89. The highest BCUT2D eigenvalue weighted by Crippen LogP contribution is 2.29. The zero-order valence-electron chi connectivity index (χ0n) is 13.6. The number of esters is 1. The molecule has 1 N–H and O–H groups in total. The lowest BCUT2D eigenvalue weighted by atomic mass is 9.87. The van der Waals surface area contributed by atoms with Crippen molar-refractivity contribution in [3.8, 4) is 0 Å². The van der Waals surface area contributed by atoms with Crippen molar-refractivity contribution >= 4 is 11.9 Å². The van der Waals surface area contributed by atoms with Gasteiger partial charge in [-0.1, -0.05) is 30.3 Å². The van der Waals surface area contributed by atoms with Crippen LogP contribution in [0.4, 0.5) is 0 Å². The van der Waals surface area contributed by atoms with Gasteiger partial charge < -0.3 is 10.1 Å². The molecule has 0 fully saturated rings. The third kappa shape index (κ3) is 3.62. The van der Waals surface area contributed by atoms with Crippen LogP contribution < -0.4 is 5.32 Å². The SMILES string of the molecule is C[C@H](OC(=O)c1ccccn1)C(=O)N[C@H]1CCCc2ccccc21. The fraction of sp³-hybridized carbons (Fsp3) is 0.316. The minimum absolute atomic E-state index is 0.0292. The molecule has 0 saturated carbocycles. The van der Waals surface area contributed by atoms with E-state index in [2.05, 4.69) is 16.4 Å². The summed E-state index contributed by atoms with van der Waals surface area (Å²) in [7, 11) is 0. The van der Waals surface area contributed by atoms with E-state index in [1.165, 1.54) is 11.8 Å². The average molecular weight is 324 g/mol. The molecule has 0 unspecified atom stereocenters. The topological polar surface area (TPSA) is 68.3 Å². The van der Waals surface area contributed by atoms with Gasteiger partial charge in [0, 0.05) is 6.20 Å². The van der Waals surface area contributed by atoms with Crippen molar-refractivity contribution < 1.29 is 14.3 Å². The van der Waals surface area contributed by atoms with E-state index in [1.807, 2.05) is 18.2 Å². The maximum atomic E-state index is 12.4. The number of benzene rings is 1. The van der Waals surface area contributed by atoms with Gasteiger partial charge in [-0.3, -0.25) is 4.79 Å². The summed E-state index contributed by atoms with van der Waals surface area (Å²) in [5.41, 5.74) is 2.62. The number of pyridine rings is 1. The van der Waals surface area contributed by atoms with Crippen LogP contribution in [0.15, 0.2) is 48.7 Å². The maximum Gasteiger partial charge on any atom is 0.357 e. The Morgan fingerprint density at radius 1 is 1.21 bits per heavy atom. The average Bonchev–Trinajstić information content (AvgIpc) is 2.62. The van der Waals surface area contributed by atoms with Gasteiger partial charge in [0.15, 0.2) is 6.10 Å². The molecule has 24 heavy (non-hydrogen) atoms. The summed E-state index contributed by atoms with van der Waals surface area (Å²) < 4.78 is 5.21. The summed E-state index contributed by atoms with van der Waals surface area (Å²) in [5.74, 6) is -0.886. The van der Waals surface area contributed by atoms with Crippen LogP contribution in [0, 0.1) is 0 Å². The monoisotopic (exact) mass is 324 g/mol. The number of hydrogen-bond donors (Lipinski definition) is 1. The maximum absolute atomic E-state index is 12.4. The number of carbonyl (C=O) groups excluding carboxylic acids is 2. The van der Waals surface area contributed by atoms with Gasteiger partial charge in [-0.15, -0.1) is 0 Å². The third-order valence-corrected chi connectivity index (χ3v) is 4.21. The van der Waals surface area contributed by atoms with Crippen molar-refractivity contribution in [2.24, 2.45) is 0 Å². The van der Waals surface area contributed by atoms with Gasteiger partial charge in [0.2, 0.25) is 0 Å². The second kappa shape index (κ2) is 7.25. The number of carbonyl (C=O) groups is 2. The molecule has 0 saturated heterocycles. The quantitative estimate of drug-likeness (QED) is 0.878. The molecule has 2 atom stereocenters. The van der Waals surface area contributed by atoms with Crippen molar-refractivity contribution in [3.05, 3.63) is 65.5 Å². The van der Waals surface area contributed by atoms with Crippen LogP contribution in [0.5, 0.6) is 0 Å². The van der Waals surface area contributed by atoms with Gasteiger partial charge in [-0.25, -0.2) is 9.78 Å². The highest BCUT2D eigenvalue weighted by Gasteiger charge is 2.25. The molecule has 1 aromatic heterocycles. The van der Waals surface area contributed by atoms with Gasteiger partial charge in [0.25, 0.3) is 5.91 Å². The second-order valence-corrected chi connectivity index (χ2v) is 5.91. The molecule has 1 heterocycles. The Balaban J connectivity index is 1.62. The third-order valence-electron chi connectivity index (χ3n) is 4.21. The molecule has 2 aromatic rings. The Hall–Kier alpha value is -2.69. The Bertz CT molecular complexity index is 730. The number of amides is 1. The van der Waals surface area contributed by atoms with Crippen molar-refractivity contribution in [1.82, 2.24) is 10.3 Å². The van der Waals surface area contributed by atoms with Crippen LogP contribution in [-0.2, 0) is 16.0 Å². The largest absolute Gasteiger partial charge is 0.448 e. The second-order valence-electron chi connectivity index (χ2n) is 5.91. The first-order valence-electron chi connectivity index (χ1n) is 8.15. The predicted octanol–water partition coefficient (Wildman–Crippen LogP) is 2.82. The highest BCUT2D eigenvalue weighted by atomic mass is 16.5. The molecule has 0 bridgehead atoms. The van der Waals surface area contributed by atoms with Gasteiger partial charge >= 0.3 is 5.97 Å². The zero-order chi connectivity index (χ0) is 16.9. The van der Waals surface area contributed by atoms with E-state index in [9.17, 15) is 9.59 Å². The predicted molar refractivity (Wildman–Crippen MR) is 89.4 cm³/mol. The van der Waals surface area contributed by atoms with E-state index >= 15 is 0 Å². The lowest BCUT2D eigenvalue weighted by molar-refractivity contribution is -0.130. The van der Waals surface area contributed by atoms with Crippen molar-refractivity contribution in [3.63, 3.8) is 0 Å². The minimum Gasteiger partial charge on any atom is -0.448 e. The Morgan fingerprint density at radius 3 is 2.79 bits per heavy atom. The summed E-state index contributed by atoms with van der Waals surface area (Å²) in [6.45, 7) is 1.57. The van der Waals surface area contributed by atoms with E-state index in [0.717, 1.165) is 24.8 Å². The van der Waals surface area contributed by atoms with Crippen LogP contribution in [0.1, 0.15) is 47.4 Å². The van der Waals surface area contributed by atoms with Crippen LogP contribution in [0.2, 0.25) is 0 Å². The van der Waals surface area contributed by atoms with Crippen molar-refractivity contribution in [2.45, 2.75) is 38.3 Å². The highest BCUT2D eigenvalue weighted by molar-refractivity contribution is 5.90. The van der Waals surface area contributed by atoms with Gasteiger partial charge in [-0.2, -0.15) is 0 Å². The molecule has 3 rings (SSSR count). The number of fused-ring (bicyclic) bond motifs is 1. The van der Waals surface area contributed by atoms with Crippen LogP contribution in [0.25, 0.3) is 0 Å². The van der Waals surface area contributed by atoms with Crippen molar-refractivity contribution in [2.75, 3.05) is 0 Å². The van der Waals surface area contributed by atoms with Crippen LogP contribution in [-0.4, -0.2) is 23.0 Å². The summed E-state index contributed by atoms with van der Waals surface area (Å²) in [5, 5.41) is 3.00. The standard InChI is InChI=1S/C19H20N2O3/c1-13(24-19(23)17-10-4-5-12-20-17)18(22)21-16-11-6-8-14-7-2-3-9-15(14)16/h2-5,7,9-10,12-13,16H,6,8,11H2,1H3,(H,21,22)/t13-,16-/m0/s1. The van der Waals surface area contributed by atoms with E-state index in [0.29, 0.717) is 0 Å². The molecule has 124 valence electrons. The minimum atomic E-state index is -0.867. The number of rotatable bonds is 4. The molecule has 5 nitrogen and oxygen atoms in total. The molecular weight excluding hydrogens is 304 g/mol. The van der Waals surface area contributed by atoms with E-state index < -0.39 is 12.1 Å². The fourth-order valence-electron chi connectivity index (χ4n) is 2.95. The van der Waals surface area contributed by atoms with E-state index in [-0.39, 0.29) is 17.6 Å². The van der Waals surface area contributed by atoms with Gasteiger partial charge in [0.1, 0.15) is 5.69 Å². The number of aromatic nitrogens is 1.